The number of carbonyl (C=O) groups excluding carboxylic acids is 2. The van der Waals surface area contributed by atoms with E-state index in [0.29, 0.717) is 18.5 Å². The number of ether oxygens (including phenoxy) is 1. The van der Waals surface area contributed by atoms with Crippen molar-refractivity contribution in [2.24, 2.45) is 5.73 Å². The van der Waals surface area contributed by atoms with Crippen molar-refractivity contribution in [2.45, 2.75) is 70.9 Å². The molecular formula is C23H37N3O3. The van der Waals surface area contributed by atoms with Crippen molar-refractivity contribution in [1.29, 1.82) is 0 Å². The Hall–Kier alpha value is -1.92. The molecule has 0 saturated carbocycles. The minimum absolute atomic E-state index is 0.00517. The number of hydrogen-bond acceptors (Lipinski definition) is 4. The molecule has 1 aliphatic carbocycles. The molecule has 2 unspecified atom stereocenters. The third-order valence-corrected chi connectivity index (χ3v) is 6.00. The Morgan fingerprint density at radius 3 is 2.45 bits per heavy atom. The fourth-order valence-corrected chi connectivity index (χ4v) is 4.47. The first-order valence-corrected chi connectivity index (χ1v) is 10.7. The maximum atomic E-state index is 12.6. The van der Waals surface area contributed by atoms with Crippen molar-refractivity contribution in [2.75, 3.05) is 26.7 Å². The van der Waals surface area contributed by atoms with Crippen LogP contribution in [0, 0.1) is 0 Å². The van der Waals surface area contributed by atoms with Crippen molar-refractivity contribution in [3.8, 4) is 0 Å². The predicted octanol–water partition coefficient (Wildman–Crippen LogP) is 2.63. The summed E-state index contributed by atoms with van der Waals surface area (Å²) < 4.78 is 5.81. The van der Waals surface area contributed by atoms with Crippen molar-refractivity contribution in [3.05, 3.63) is 34.9 Å². The van der Waals surface area contributed by atoms with Crippen molar-refractivity contribution in [1.82, 2.24) is 10.2 Å². The molecule has 0 aliphatic heterocycles. The van der Waals surface area contributed by atoms with Crippen LogP contribution in [0.5, 0.6) is 0 Å². The summed E-state index contributed by atoms with van der Waals surface area (Å²) in [6.07, 6.45) is 3.17. The number of primary amides is 1. The van der Waals surface area contributed by atoms with Gasteiger partial charge in [0.2, 0.25) is 11.8 Å². The third kappa shape index (κ3) is 5.37. The van der Waals surface area contributed by atoms with Gasteiger partial charge in [0.25, 0.3) is 0 Å². The van der Waals surface area contributed by atoms with E-state index in [-0.39, 0.29) is 23.5 Å². The highest BCUT2D eigenvalue weighted by Crippen LogP contribution is 2.38. The Balaban J connectivity index is 2.14. The molecule has 1 aromatic carbocycles. The number of fused-ring (bicyclic) bond motifs is 1. The quantitative estimate of drug-likeness (QED) is 0.629. The maximum absolute atomic E-state index is 12.6. The molecule has 162 valence electrons. The van der Waals surface area contributed by atoms with Crippen LogP contribution >= 0.6 is 0 Å². The second-order valence-electron chi connectivity index (χ2n) is 8.50. The van der Waals surface area contributed by atoms with E-state index in [1.807, 2.05) is 17.0 Å². The number of rotatable bonds is 10. The summed E-state index contributed by atoms with van der Waals surface area (Å²) in [4.78, 5) is 26.2. The van der Waals surface area contributed by atoms with Gasteiger partial charge in [0.1, 0.15) is 0 Å². The van der Waals surface area contributed by atoms with E-state index in [9.17, 15) is 9.59 Å². The molecule has 6 heteroatoms. The van der Waals surface area contributed by atoms with E-state index in [2.05, 4.69) is 33.0 Å². The molecule has 0 bridgehead atoms. The van der Waals surface area contributed by atoms with Crippen LogP contribution in [0.15, 0.2) is 18.2 Å². The Morgan fingerprint density at radius 2 is 1.90 bits per heavy atom. The van der Waals surface area contributed by atoms with Gasteiger partial charge in [0.05, 0.1) is 6.10 Å². The molecule has 1 aliphatic rings. The number of methoxy groups -OCH3 is 1. The summed E-state index contributed by atoms with van der Waals surface area (Å²) in [5.41, 5.74) is 8.04. The fraction of sp³-hybridized carbons (Fsp3) is 0.652. The van der Waals surface area contributed by atoms with Gasteiger partial charge in [-0.2, -0.15) is 0 Å². The Bertz CT molecular complexity index is 711. The summed E-state index contributed by atoms with van der Waals surface area (Å²) in [5.74, 6) is -0.222. The number of nitrogens with two attached hydrogens (primary N) is 1. The van der Waals surface area contributed by atoms with Crippen LogP contribution in [0.1, 0.15) is 68.4 Å². The topological polar surface area (TPSA) is 84.7 Å². The predicted molar refractivity (Wildman–Crippen MR) is 116 cm³/mol. The largest absolute Gasteiger partial charge is 0.379 e. The molecule has 0 saturated heterocycles. The minimum atomic E-state index is -0.417. The van der Waals surface area contributed by atoms with Crippen LogP contribution < -0.4 is 11.1 Å². The highest BCUT2D eigenvalue weighted by Gasteiger charge is 2.42. The zero-order valence-electron chi connectivity index (χ0n) is 18.6. The standard InChI is InChI=1S/C23H37N3O3/c1-6-12-26(13-7-2)20(27)10-11-25-21-19(29-5)15-16-8-9-17(22(24)28)14-18(16)23(21,3)4/h8-9,14,19,21,25H,6-7,10-13,15H2,1-5H3,(H2,24,28). The van der Waals surface area contributed by atoms with E-state index >= 15 is 0 Å². The van der Waals surface area contributed by atoms with Gasteiger partial charge in [-0.15, -0.1) is 0 Å². The molecule has 1 aromatic rings. The first-order chi connectivity index (χ1) is 13.8. The molecule has 3 N–H and O–H groups in total. The second-order valence-corrected chi connectivity index (χ2v) is 8.50. The van der Waals surface area contributed by atoms with Crippen molar-refractivity contribution in [3.63, 3.8) is 0 Å². The molecule has 2 amide bonds. The number of nitrogens with zero attached hydrogens (tertiary/aromatic N) is 1. The lowest BCUT2D eigenvalue weighted by Gasteiger charge is -2.45. The molecule has 0 radical (unpaired) electrons. The normalized spacial score (nSPS) is 20.2. The summed E-state index contributed by atoms with van der Waals surface area (Å²) in [7, 11) is 1.73. The van der Waals surface area contributed by atoms with E-state index in [4.69, 9.17) is 10.5 Å². The van der Waals surface area contributed by atoms with Crippen molar-refractivity contribution >= 4 is 11.8 Å². The lowest BCUT2D eigenvalue weighted by molar-refractivity contribution is -0.131. The molecule has 2 rings (SSSR count). The third-order valence-electron chi connectivity index (χ3n) is 6.00. The highest BCUT2D eigenvalue weighted by molar-refractivity contribution is 5.93. The molecule has 0 spiro atoms. The molecule has 29 heavy (non-hydrogen) atoms. The van der Waals surface area contributed by atoms with Gasteiger partial charge in [0, 0.05) is 56.6 Å². The van der Waals surface area contributed by atoms with Crippen LogP contribution in [0.3, 0.4) is 0 Å². The minimum Gasteiger partial charge on any atom is -0.379 e. The monoisotopic (exact) mass is 403 g/mol. The van der Waals surface area contributed by atoms with Gasteiger partial charge in [-0.1, -0.05) is 33.8 Å². The van der Waals surface area contributed by atoms with E-state index in [1.165, 1.54) is 5.56 Å². The average molecular weight is 404 g/mol. The Labute approximate surface area is 175 Å². The number of hydrogen-bond donors (Lipinski definition) is 2. The highest BCUT2D eigenvalue weighted by atomic mass is 16.5. The van der Waals surface area contributed by atoms with Gasteiger partial charge in [-0.25, -0.2) is 0 Å². The zero-order chi connectivity index (χ0) is 21.6. The van der Waals surface area contributed by atoms with E-state index in [0.717, 1.165) is 37.9 Å². The lowest BCUT2D eigenvalue weighted by Crippen LogP contribution is -2.57. The Kier molecular flexibility index (Phi) is 8.23. The first kappa shape index (κ1) is 23.4. The summed E-state index contributed by atoms with van der Waals surface area (Å²) in [5, 5.41) is 3.58. The number of benzene rings is 1. The zero-order valence-corrected chi connectivity index (χ0v) is 18.6. The average Bonchev–Trinajstić information content (AvgIpc) is 2.68. The number of amides is 2. The SMILES string of the molecule is CCCN(CCC)C(=O)CCNC1C(OC)Cc2ccc(C(N)=O)cc2C1(C)C. The Morgan fingerprint density at radius 1 is 1.24 bits per heavy atom. The number of carbonyl (C=O) groups is 2. The molecular weight excluding hydrogens is 366 g/mol. The van der Waals surface area contributed by atoms with Crippen LogP contribution in [0.2, 0.25) is 0 Å². The van der Waals surface area contributed by atoms with Gasteiger partial charge >= 0.3 is 0 Å². The molecule has 6 nitrogen and oxygen atoms in total. The maximum Gasteiger partial charge on any atom is 0.248 e. The molecule has 0 fully saturated rings. The first-order valence-electron chi connectivity index (χ1n) is 10.7. The summed E-state index contributed by atoms with van der Waals surface area (Å²) >= 11 is 0. The molecule has 2 atom stereocenters. The van der Waals surface area contributed by atoms with Crippen LogP contribution in [-0.4, -0.2) is 55.6 Å². The smallest absolute Gasteiger partial charge is 0.248 e. The van der Waals surface area contributed by atoms with Gasteiger partial charge in [0.15, 0.2) is 0 Å². The van der Waals surface area contributed by atoms with Gasteiger partial charge < -0.3 is 20.7 Å². The fourth-order valence-electron chi connectivity index (χ4n) is 4.47. The van der Waals surface area contributed by atoms with Crippen LogP contribution in [0.4, 0.5) is 0 Å². The second kappa shape index (κ2) is 10.2. The molecule has 0 aromatic heterocycles. The summed E-state index contributed by atoms with van der Waals surface area (Å²) in [6.45, 7) is 10.7. The van der Waals surface area contributed by atoms with Gasteiger partial charge in [-0.3, -0.25) is 9.59 Å². The van der Waals surface area contributed by atoms with Crippen LogP contribution in [-0.2, 0) is 21.4 Å². The molecule has 0 heterocycles. The van der Waals surface area contributed by atoms with Crippen LogP contribution in [0.25, 0.3) is 0 Å². The van der Waals surface area contributed by atoms with E-state index in [1.54, 1.807) is 13.2 Å². The van der Waals surface area contributed by atoms with Crippen molar-refractivity contribution < 1.29 is 14.3 Å². The van der Waals surface area contributed by atoms with E-state index < -0.39 is 5.91 Å². The lowest BCUT2D eigenvalue weighted by atomic mass is 9.67. The number of nitrogens with one attached hydrogen (secondary N) is 1. The summed E-state index contributed by atoms with van der Waals surface area (Å²) in [6, 6.07) is 5.71. The van der Waals surface area contributed by atoms with Gasteiger partial charge in [-0.05, 0) is 36.1 Å².